The Morgan fingerprint density at radius 2 is 1.81 bits per heavy atom. The number of benzene rings is 1. The molecular weight excluding hydrogens is 646 g/mol. The maximum atomic E-state index is 15.1. The molecule has 1 spiro atoms. The molecule has 3 aromatic heterocycles. The Kier molecular flexibility index (Phi) is 7.61. The smallest absolute Gasteiger partial charge is 0.423 e. The Balaban J connectivity index is 1.19. The minimum Gasteiger partial charge on any atom is -0.423 e. The van der Waals surface area contributed by atoms with E-state index in [1.165, 1.54) is 18.3 Å². The second-order valence-corrected chi connectivity index (χ2v) is 13.5. The van der Waals surface area contributed by atoms with E-state index in [-0.39, 0.29) is 23.5 Å². The molecular formula is C34H33ClF2N6O5. The molecule has 14 heteroatoms. The largest absolute Gasteiger partial charge is 0.482 e. The number of primary amides is 1. The van der Waals surface area contributed by atoms with Crippen molar-refractivity contribution < 1.29 is 32.6 Å². The molecule has 1 saturated heterocycles. The van der Waals surface area contributed by atoms with Crippen LogP contribution in [0.15, 0.2) is 42.7 Å². The van der Waals surface area contributed by atoms with E-state index in [2.05, 4.69) is 4.98 Å². The number of carbonyl (C=O) groups is 2. The molecule has 11 nitrogen and oxygen atoms in total. The summed E-state index contributed by atoms with van der Waals surface area (Å²) in [6, 6.07) is 7.74. The lowest BCUT2D eigenvalue weighted by Crippen LogP contribution is -2.50. The average Bonchev–Trinajstić information content (AvgIpc) is 3.62. The van der Waals surface area contributed by atoms with Crippen molar-refractivity contribution in [1.82, 2.24) is 19.7 Å². The predicted octanol–water partition coefficient (Wildman–Crippen LogP) is 5.65. The molecule has 4 aliphatic rings. The van der Waals surface area contributed by atoms with E-state index in [1.807, 2.05) is 4.68 Å². The zero-order valence-corrected chi connectivity index (χ0v) is 26.7. The number of amides is 2. The molecule has 250 valence electrons. The van der Waals surface area contributed by atoms with Crippen LogP contribution in [-0.2, 0) is 33.8 Å². The molecule has 0 radical (unpaired) electrons. The Hall–Kier alpha value is -4.20. The normalized spacial score (nSPS) is 20.3. The fourth-order valence-electron chi connectivity index (χ4n) is 7.15. The summed E-state index contributed by atoms with van der Waals surface area (Å²) in [6.45, 7) is 1.62. The van der Waals surface area contributed by atoms with Crippen molar-refractivity contribution in [3.8, 4) is 16.9 Å². The van der Waals surface area contributed by atoms with Gasteiger partial charge in [0, 0.05) is 36.5 Å². The van der Waals surface area contributed by atoms with Crippen LogP contribution in [0.5, 0.6) is 5.75 Å². The minimum atomic E-state index is -4.13. The third-order valence-electron chi connectivity index (χ3n) is 9.78. The second kappa shape index (κ2) is 11.7. The molecule has 0 atom stereocenters. The fourth-order valence-corrected chi connectivity index (χ4v) is 7.26. The van der Waals surface area contributed by atoms with Crippen molar-refractivity contribution in [1.29, 1.82) is 0 Å². The van der Waals surface area contributed by atoms with Gasteiger partial charge in [-0.2, -0.15) is 13.9 Å². The summed E-state index contributed by atoms with van der Waals surface area (Å²) in [5.41, 5.74) is 8.75. The average molecular weight is 679 g/mol. The standard InChI is InChI=1S/C34H33ClF2N6O5/c35-22-4-5-23(39-15-22)18-42-26-6-3-21(14-27(26)48-34(36,37)32(42)45)28-24-16-40-43(17-20-7-9-33(10-8-20)46-11-12-47-33)31(24)41-25(13-19-1-2-19)29(28)30(38)44/h3-6,14-16,19-20H,1-2,7-13,17-18H2,(H2,38,44). The Morgan fingerprint density at radius 3 is 2.50 bits per heavy atom. The maximum Gasteiger partial charge on any atom is 0.482 e. The van der Waals surface area contributed by atoms with E-state index in [0.717, 1.165) is 43.4 Å². The Bertz CT molecular complexity index is 1920. The second-order valence-electron chi connectivity index (χ2n) is 13.1. The zero-order valence-electron chi connectivity index (χ0n) is 26.0. The van der Waals surface area contributed by atoms with E-state index in [4.69, 9.17) is 41.6 Å². The molecule has 5 heterocycles. The van der Waals surface area contributed by atoms with E-state index < -0.39 is 23.7 Å². The van der Waals surface area contributed by atoms with Crippen LogP contribution in [-0.4, -0.2) is 56.7 Å². The Labute approximate surface area is 279 Å². The van der Waals surface area contributed by atoms with Gasteiger partial charge >= 0.3 is 12.0 Å². The summed E-state index contributed by atoms with van der Waals surface area (Å²) >= 11 is 5.94. The molecule has 0 unspecified atom stereocenters. The number of ether oxygens (including phenoxy) is 3. The number of nitrogens with zero attached hydrogens (tertiary/aromatic N) is 5. The number of hydrogen-bond acceptors (Lipinski definition) is 8. The molecule has 2 N–H and O–H groups in total. The van der Waals surface area contributed by atoms with Gasteiger partial charge in [-0.3, -0.25) is 19.5 Å². The van der Waals surface area contributed by atoms with Crippen LogP contribution in [0.4, 0.5) is 14.5 Å². The summed E-state index contributed by atoms with van der Waals surface area (Å²) in [7, 11) is 0. The summed E-state index contributed by atoms with van der Waals surface area (Å²) < 4.78 is 48.8. The number of hydrogen-bond donors (Lipinski definition) is 1. The number of pyridine rings is 2. The maximum absolute atomic E-state index is 15.1. The third-order valence-corrected chi connectivity index (χ3v) is 10.0. The first-order valence-corrected chi connectivity index (χ1v) is 16.6. The topological polar surface area (TPSA) is 135 Å². The lowest BCUT2D eigenvalue weighted by Gasteiger charge is -2.35. The minimum absolute atomic E-state index is 0.136. The molecule has 4 aromatic rings. The quantitative estimate of drug-likeness (QED) is 0.253. The molecule has 48 heavy (non-hydrogen) atoms. The van der Waals surface area contributed by atoms with Crippen molar-refractivity contribution in [2.24, 2.45) is 17.6 Å². The lowest BCUT2D eigenvalue weighted by molar-refractivity contribution is -0.193. The van der Waals surface area contributed by atoms with Crippen LogP contribution >= 0.6 is 11.6 Å². The number of fused-ring (bicyclic) bond motifs is 2. The van der Waals surface area contributed by atoms with Gasteiger partial charge in [0.05, 0.1) is 53.6 Å². The number of aromatic nitrogens is 4. The van der Waals surface area contributed by atoms with Gasteiger partial charge in [-0.15, -0.1) is 0 Å². The van der Waals surface area contributed by atoms with Crippen LogP contribution in [0.2, 0.25) is 5.02 Å². The van der Waals surface area contributed by atoms with E-state index >= 15 is 8.78 Å². The van der Waals surface area contributed by atoms with Crippen molar-refractivity contribution in [3.05, 3.63) is 64.7 Å². The number of carbonyl (C=O) groups excluding carboxylic acids is 2. The van der Waals surface area contributed by atoms with Crippen LogP contribution < -0.4 is 15.4 Å². The third kappa shape index (κ3) is 5.67. The van der Waals surface area contributed by atoms with Crippen molar-refractivity contribution in [2.75, 3.05) is 18.1 Å². The highest BCUT2D eigenvalue weighted by Gasteiger charge is 2.51. The van der Waals surface area contributed by atoms with E-state index in [1.54, 1.807) is 24.4 Å². The summed E-state index contributed by atoms with van der Waals surface area (Å²) in [5.74, 6) is -2.20. The van der Waals surface area contributed by atoms with Crippen LogP contribution in [0.25, 0.3) is 22.2 Å². The number of halogens is 3. The first-order valence-electron chi connectivity index (χ1n) is 16.2. The molecule has 2 amide bonds. The summed E-state index contributed by atoms with van der Waals surface area (Å²) in [4.78, 5) is 36.1. The number of nitrogens with two attached hydrogens (primary N) is 1. The van der Waals surface area contributed by atoms with E-state index in [0.29, 0.717) is 76.6 Å². The highest BCUT2D eigenvalue weighted by atomic mass is 35.5. The number of alkyl halides is 2. The van der Waals surface area contributed by atoms with E-state index in [9.17, 15) is 9.59 Å². The van der Waals surface area contributed by atoms with Gasteiger partial charge in [0.25, 0.3) is 5.91 Å². The molecule has 1 aromatic carbocycles. The van der Waals surface area contributed by atoms with Crippen LogP contribution in [0.3, 0.4) is 0 Å². The highest BCUT2D eigenvalue weighted by Crippen LogP contribution is 2.45. The molecule has 2 aliphatic carbocycles. The van der Waals surface area contributed by atoms with Gasteiger partial charge in [0.1, 0.15) is 0 Å². The molecule has 8 rings (SSSR count). The van der Waals surface area contributed by atoms with Crippen molar-refractivity contribution >= 4 is 40.1 Å². The van der Waals surface area contributed by atoms with Gasteiger partial charge in [-0.05, 0) is 73.8 Å². The van der Waals surface area contributed by atoms with Crippen molar-refractivity contribution in [2.45, 2.75) is 69.9 Å². The Morgan fingerprint density at radius 1 is 1.04 bits per heavy atom. The van der Waals surface area contributed by atoms with Crippen molar-refractivity contribution in [3.63, 3.8) is 0 Å². The van der Waals surface area contributed by atoms with Crippen LogP contribution in [0.1, 0.15) is 60.3 Å². The predicted molar refractivity (Wildman–Crippen MR) is 171 cm³/mol. The molecule has 3 fully saturated rings. The monoisotopic (exact) mass is 678 g/mol. The first kappa shape index (κ1) is 31.1. The van der Waals surface area contributed by atoms with Gasteiger partial charge < -0.3 is 19.9 Å². The summed E-state index contributed by atoms with van der Waals surface area (Å²) in [5, 5.41) is 5.65. The molecule has 2 aliphatic heterocycles. The lowest BCUT2D eigenvalue weighted by atomic mass is 9.85. The van der Waals surface area contributed by atoms with Gasteiger partial charge in [0.15, 0.2) is 17.2 Å². The van der Waals surface area contributed by atoms with Gasteiger partial charge in [-0.25, -0.2) is 9.67 Å². The molecule has 0 bridgehead atoms. The fraction of sp³-hybridized carbons (Fsp3) is 0.441. The first-order chi connectivity index (χ1) is 23.1. The van der Waals surface area contributed by atoms with Crippen LogP contribution in [0, 0.1) is 11.8 Å². The molecule has 2 saturated carbocycles. The summed E-state index contributed by atoms with van der Waals surface area (Å²) in [6.07, 6.45) is 4.92. The highest BCUT2D eigenvalue weighted by molar-refractivity contribution is 6.30. The van der Waals surface area contributed by atoms with Gasteiger partial charge in [-0.1, -0.05) is 17.7 Å². The van der Waals surface area contributed by atoms with Gasteiger partial charge in [0.2, 0.25) is 0 Å². The number of rotatable bonds is 8. The number of anilines is 1. The SMILES string of the molecule is NC(=O)c1c(CC2CC2)nc2c(cnn2CC2CCC3(CC2)OCCO3)c1-c1ccc2c(c1)OC(F)(F)C(=O)N2Cc1ccc(Cl)cn1. The zero-order chi connectivity index (χ0) is 33.2.